The molecule has 1 aromatic rings. The first-order chi connectivity index (χ1) is 12.6. The summed E-state index contributed by atoms with van der Waals surface area (Å²) in [6, 6.07) is 7.99. The van der Waals surface area contributed by atoms with E-state index in [0.29, 0.717) is 26.2 Å². The molecule has 3 heterocycles. The van der Waals surface area contributed by atoms with Crippen LogP contribution >= 0.6 is 11.0 Å². The summed E-state index contributed by atoms with van der Waals surface area (Å²) >= 11 is 0. The van der Waals surface area contributed by atoms with Crippen molar-refractivity contribution in [1.82, 2.24) is 9.21 Å². The van der Waals surface area contributed by atoms with E-state index in [1.54, 1.807) is 13.5 Å². The lowest BCUT2D eigenvalue weighted by molar-refractivity contribution is 0.122. The largest absolute Gasteiger partial charge is 0.378 e. The molecule has 0 radical (unpaired) electrons. The summed E-state index contributed by atoms with van der Waals surface area (Å²) in [6.07, 6.45) is 2.94. The molecular formula is C17H25N5O3S. The standard InChI is InChI=1S/C17H25N5O3S/c18-14-19-6-5-17(13-19)22-8-7-21(26(22,23)24)16-3-1-15(2-4-16)20-9-11-25-12-10-20/h1-4,17,23-24H,5-13H2. The van der Waals surface area contributed by atoms with Crippen LogP contribution in [0.3, 0.4) is 0 Å². The monoisotopic (exact) mass is 379 g/mol. The molecule has 2 N–H and O–H groups in total. The van der Waals surface area contributed by atoms with Crippen molar-refractivity contribution >= 4 is 22.3 Å². The van der Waals surface area contributed by atoms with Crippen molar-refractivity contribution in [2.24, 2.45) is 0 Å². The minimum absolute atomic E-state index is 0.0114. The first-order valence-corrected chi connectivity index (χ1v) is 10.5. The number of hydrogen-bond acceptors (Lipinski definition) is 8. The molecule has 8 nitrogen and oxygen atoms in total. The highest BCUT2D eigenvalue weighted by atomic mass is 32.3. The van der Waals surface area contributed by atoms with E-state index in [0.717, 1.165) is 44.1 Å². The lowest BCUT2D eigenvalue weighted by Crippen LogP contribution is -2.38. The minimum atomic E-state index is -3.04. The Bertz CT molecular complexity index is 674. The molecule has 1 aromatic carbocycles. The highest BCUT2D eigenvalue weighted by molar-refractivity contribution is 8.23. The Morgan fingerprint density at radius 2 is 1.69 bits per heavy atom. The predicted octanol–water partition coefficient (Wildman–Crippen LogP) is 1.78. The van der Waals surface area contributed by atoms with E-state index in [-0.39, 0.29) is 6.04 Å². The van der Waals surface area contributed by atoms with Crippen LogP contribution in [0.4, 0.5) is 11.4 Å². The molecule has 0 aliphatic carbocycles. The van der Waals surface area contributed by atoms with Gasteiger partial charge in [-0.1, -0.05) is 11.0 Å². The van der Waals surface area contributed by atoms with Crippen molar-refractivity contribution in [3.05, 3.63) is 24.3 Å². The van der Waals surface area contributed by atoms with Crippen LogP contribution in [0.25, 0.3) is 0 Å². The summed E-state index contributed by atoms with van der Waals surface area (Å²) in [5.41, 5.74) is 1.95. The van der Waals surface area contributed by atoms with Gasteiger partial charge in [0.25, 0.3) is 0 Å². The maximum atomic E-state index is 10.9. The molecule has 1 atom stereocenters. The Morgan fingerprint density at radius 1 is 1.00 bits per heavy atom. The predicted molar refractivity (Wildman–Crippen MR) is 102 cm³/mol. The van der Waals surface area contributed by atoms with Gasteiger partial charge in [0.1, 0.15) is 0 Å². The highest BCUT2D eigenvalue weighted by Crippen LogP contribution is 2.55. The summed E-state index contributed by atoms with van der Waals surface area (Å²) < 4.78 is 30.6. The molecule has 9 heteroatoms. The molecule has 26 heavy (non-hydrogen) atoms. The van der Waals surface area contributed by atoms with Gasteiger partial charge in [-0.15, -0.1) is 0 Å². The highest BCUT2D eigenvalue weighted by Gasteiger charge is 2.43. The maximum absolute atomic E-state index is 10.9. The number of hydrogen-bond donors (Lipinski definition) is 2. The Hall–Kier alpha value is -1.70. The summed E-state index contributed by atoms with van der Waals surface area (Å²) in [7, 11) is -3.04. The lowest BCUT2D eigenvalue weighted by Gasteiger charge is -2.45. The van der Waals surface area contributed by atoms with Crippen LogP contribution in [0.5, 0.6) is 0 Å². The number of nitriles is 1. The van der Waals surface area contributed by atoms with E-state index < -0.39 is 11.0 Å². The molecular weight excluding hydrogens is 354 g/mol. The van der Waals surface area contributed by atoms with E-state index in [2.05, 4.69) is 11.1 Å². The molecule has 3 aliphatic rings. The van der Waals surface area contributed by atoms with Gasteiger partial charge in [-0.3, -0.25) is 13.4 Å². The first kappa shape index (κ1) is 17.7. The van der Waals surface area contributed by atoms with E-state index in [1.165, 1.54) is 0 Å². The number of likely N-dealkylation sites (tertiary alicyclic amines) is 1. The molecule has 3 saturated heterocycles. The molecule has 1 unspecified atom stereocenters. The summed E-state index contributed by atoms with van der Waals surface area (Å²) in [5.74, 6) is 0. The Morgan fingerprint density at radius 3 is 2.35 bits per heavy atom. The zero-order valence-electron chi connectivity index (χ0n) is 14.7. The van der Waals surface area contributed by atoms with Gasteiger partial charge in [-0.2, -0.15) is 9.57 Å². The number of nitrogens with zero attached hydrogens (tertiary/aromatic N) is 5. The van der Waals surface area contributed by atoms with Crippen molar-refractivity contribution in [3.8, 4) is 6.19 Å². The number of morpholine rings is 1. The van der Waals surface area contributed by atoms with E-state index in [9.17, 15) is 9.11 Å². The fourth-order valence-electron chi connectivity index (χ4n) is 3.93. The fraction of sp³-hybridized carbons (Fsp3) is 0.588. The second kappa shape index (κ2) is 7.13. The quantitative estimate of drug-likeness (QED) is 0.769. The zero-order valence-corrected chi connectivity index (χ0v) is 15.5. The number of benzene rings is 1. The van der Waals surface area contributed by atoms with Gasteiger partial charge in [0.2, 0.25) is 0 Å². The first-order valence-electron chi connectivity index (χ1n) is 9.00. The molecule has 0 amide bonds. The third kappa shape index (κ3) is 3.19. The van der Waals surface area contributed by atoms with Crippen LogP contribution in [0.1, 0.15) is 6.42 Å². The van der Waals surface area contributed by atoms with Crippen LogP contribution < -0.4 is 9.21 Å². The molecule has 3 aliphatic heterocycles. The smallest absolute Gasteiger partial charge is 0.179 e. The van der Waals surface area contributed by atoms with Gasteiger partial charge >= 0.3 is 0 Å². The average Bonchev–Trinajstić information content (AvgIpc) is 3.26. The third-order valence-corrected chi connectivity index (χ3v) is 7.45. The second-order valence-corrected chi connectivity index (χ2v) is 8.73. The van der Waals surface area contributed by atoms with E-state index in [1.807, 2.05) is 24.3 Å². The molecule has 4 rings (SSSR count). The van der Waals surface area contributed by atoms with Crippen LogP contribution in [0.2, 0.25) is 0 Å². The molecule has 3 fully saturated rings. The van der Waals surface area contributed by atoms with Crippen molar-refractivity contribution < 1.29 is 13.8 Å². The third-order valence-electron chi connectivity index (χ3n) is 5.36. The molecule has 0 saturated carbocycles. The molecule has 0 aromatic heterocycles. The van der Waals surface area contributed by atoms with Gasteiger partial charge in [0.15, 0.2) is 6.19 Å². The van der Waals surface area contributed by atoms with Crippen molar-refractivity contribution in [1.29, 1.82) is 5.26 Å². The fourth-order valence-corrected chi connectivity index (χ4v) is 5.82. The topological polar surface area (TPSA) is 86.4 Å². The molecule has 0 spiro atoms. The van der Waals surface area contributed by atoms with Gasteiger partial charge in [0, 0.05) is 38.4 Å². The van der Waals surface area contributed by atoms with Crippen molar-refractivity contribution in [3.63, 3.8) is 0 Å². The summed E-state index contributed by atoms with van der Waals surface area (Å²) in [5, 5.41) is 9.04. The van der Waals surface area contributed by atoms with Gasteiger partial charge in [-0.25, -0.2) is 0 Å². The van der Waals surface area contributed by atoms with E-state index in [4.69, 9.17) is 10.00 Å². The van der Waals surface area contributed by atoms with Crippen molar-refractivity contribution in [2.75, 3.05) is 61.7 Å². The average molecular weight is 379 g/mol. The number of rotatable bonds is 3. The Labute approximate surface area is 155 Å². The van der Waals surface area contributed by atoms with Gasteiger partial charge in [0.05, 0.1) is 31.5 Å². The SMILES string of the molecule is N#CN1CCC(N2CCN(c3ccc(N4CCOCC4)cc3)S2(O)O)C1. The Kier molecular flexibility index (Phi) is 4.86. The Balaban J connectivity index is 1.47. The van der Waals surface area contributed by atoms with E-state index >= 15 is 0 Å². The molecule has 142 valence electrons. The second-order valence-electron chi connectivity index (χ2n) is 6.84. The van der Waals surface area contributed by atoms with Crippen molar-refractivity contribution in [2.45, 2.75) is 12.5 Å². The number of anilines is 2. The van der Waals surface area contributed by atoms with Crippen LogP contribution in [-0.2, 0) is 4.74 Å². The lowest BCUT2D eigenvalue weighted by atomic mass is 10.2. The maximum Gasteiger partial charge on any atom is 0.179 e. The van der Waals surface area contributed by atoms with Crippen LogP contribution in [-0.4, -0.2) is 76.8 Å². The summed E-state index contributed by atoms with van der Waals surface area (Å²) in [4.78, 5) is 3.95. The zero-order chi connectivity index (χ0) is 18.1. The normalized spacial score (nSPS) is 27.6. The van der Waals surface area contributed by atoms with Crippen LogP contribution in [0, 0.1) is 11.5 Å². The number of ether oxygens (including phenoxy) is 1. The minimum Gasteiger partial charge on any atom is -0.378 e. The summed E-state index contributed by atoms with van der Waals surface area (Å²) in [6.45, 7) is 5.65. The van der Waals surface area contributed by atoms with Gasteiger partial charge in [-0.05, 0) is 30.7 Å². The molecule has 0 bridgehead atoms. The van der Waals surface area contributed by atoms with Gasteiger partial charge < -0.3 is 14.5 Å². The van der Waals surface area contributed by atoms with Crippen LogP contribution in [0.15, 0.2) is 24.3 Å².